The average Bonchev–Trinajstić information content (AvgIpc) is 2.63. The topological polar surface area (TPSA) is 23.8 Å². The molecule has 124 valence electrons. The van der Waals surface area contributed by atoms with E-state index < -0.39 is 0 Å². The van der Waals surface area contributed by atoms with Crippen molar-refractivity contribution in [1.29, 1.82) is 5.26 Å². The van der Waals surface area contributed by atoms with Gasteiger partial charge in [0.2, 0.25) is 0 Å². The first kappa shape index (κ1) is 16.6. The van der Waals surface area contributed by atoms with Gasteiger partial charge >= 0.3 is 0 Å². The van der Waals surface area contributed by atoms with Gasteiger partial charge in [0.05, 0.1) is 11.6 Å². The second kappa shape index (κ2) is 8.00. The minimum Gasteiger partial charge on any atom is -0.192 e. The molecule has 23 heavy (non-hydrogen) atoms. The van der Waals surface area contributed by atoms with Gasteiger partial charge in [0, 0.05) is 0 Å². The summed E-state index contributed by atoms with van der Waals surface area (Å²) in [6, 6.07) is 10.6. The van der Waals surface area contributed by atoms with Crippen LogP contribution in [0.1, 0.15) is 88.2 Å². The Bertz CT molecular complexity index is 525. The van der Waals surface area contributed by atoms with Crippen molar-refractivity contribution in [3.05, 3.63) is 35.4 Å². The summed E-state index contributed by atoms with van der Waals surface area (Å²) in [6.45, 7) is 2.33. The molecule has 0 aromatic heterocycles. The van der Waals surface area contributed by atoms with Gasteiger partial charge < -0.3 is 0 Å². The van der Waals surface area contributed by atoms with Crippen LogP contribution in [0.2, 0.25) is 0 Å². The molecule has 0 saturated heterocycles. The molecule has 0 aliphatic heterocycles. The maximum absolute atomic E-state index is 9.32. The van der Waals surface area contributed by atoms with Crippen LogP contribution in [0.3, 0.4) is 0 Å². The van der Waals surface area contributed by atoms with E-state index in [4.69, 9.17) is 0 Å². The van der Waals surface area contributed by atoms with Crippen molar-refractivity contribution in [2.24, 2.45) is 17.8 Å². The minimum absolute atomic E-state index is 0.624. The Morgan fingerprint density at radius 2 is 1.52 bits per heavy atom. The van der Waals surface area contributed by atoms with E-state index in [2.05, 4.69) is 25.1 Å². The molecule has 0 heterocycles. The fourth-order valence-electron chi connectivity index (χ4n) is 5.21. The summed E-state index contributed by atoms with van der Waals surface area (Å²) in [7, 11) is 0. The highest BCUT2D eigenvalue weighted by Gasteiger charge is 2.31. The zero-order valence-corrected chi connectivity index (χ0v) is 14.6. The van der Waals surface area contributed by atoms with Crippen molar-refractivity contribution in [2.75, 3.05) is 0 Å². The second-order valence-corrected chi connectivity index (χ2v) is 7.88. The van der Waals surface area contributed by atoms with Crippen LogP contribution in [-0.2, 0) is 0 Å². The maximum atomic E-state index is 9.32. The van der Waals surface area contributed by atoms with Crippen LogP contribution < -0.4 is 0 Å². The molecule has 1 heteroatoms. The average molecular weight is 309 g/mol. The molecule has 2 saturated carbocycles. The van der Waals surface area contributed by atoms with E-state index in [1.807, 2.05) is 12.1 Å². The van der Waals surface area contributed by atoms with Gasteiger partial charge in [-0.1, -0.05) is 50.8 Å². The fourth-order valence-corrected chi connectivity index (χ4v) is 5.21. The van der Waals surface area contributed by atoms with Gasteiger partial charge in [-0.15, -0.1) is 0 Å². The Balaban J connectivity index is 1.52. The van der Waals surface area contributed by atoms with Gasteiger partial charge in [0.25, 0.3) is 0 Å². The predicted octanol–water partition coefficient (Wildman–Crippen LogP) is 6.44. The van der Waals surface area contributed by atoms with Crippen LogP contribution in [-0.4, -0.2) is 0 Å². The molecule has 3 rings (SSSR count). The first-order valence-electron chi connectivity index (χ1n) is 9.80. The molecule has 0 spiro atoms. The molecule has 2 fully saturated rings. The van der Waals surface area contributed by atoms with Gasteiger partial charge in [-0.3, -0.25) is 0 Å². The maximum Gasteiger partial charge on any atom is 0.0994 e. The van der Waals surface area contributed by atoms with Crippen LogP contribution in [0, 0.1) is 29.1 Å². The molecule has 2 aliphatic rings. The van der Waals surface area contributed by atoms with Gasteiger partial charge in [0.1, 0.15) is 0 Å². The van der Waals surface area contributed by atoms with Crippen LogP contribution in [0.5, 0.6) is 0 Å². The molecule has 2 aliphatic carbocycles. The third-order valence-corrected chi connectivity index (χ3v) is 6.55. The second-order valence-electron chi connectivity index (χ2n) is 7.88. The third kappa shape index (κ3) is 3.97. The molecule has 1 nitrogen and oxygen atoms in total. The Hall–Kier alpha value is -1.29. The van der Waals surface area contributed by atoms with Crippen molar-refractivity contribution in [3.8, 4) is 6.07 Å². The van der Waals surface area contributed by atoms with E-state index in [1.54, 1.807) is 0 Å². The lowest BCUT2D eigenvalue weighted by Gasteiger charge is -2.38. The van der Waals surface area contributed by atoms with Crippen LogP contribution in [0.25, 0.3) is 0 Å². The van der Waals surface area contributed by atoms with Crippen molar-refractivity contribution in [1.82, 2.24) is 0 Å². The molecule has 0 bridgehead atoms. The summed E-state index contributed by atoms with van der Waals surface area (Å²) in [6.07, 6.45) is 14.1. The highest BCUT2D eigenvalue weighted by Crippen LogP contribution is 2.44. The van der Waals surface area contributed by atoms with E-state index in [-0.39, 0.29) is 0 Å². The predicted molar refractivity (Wildman–Crippen MR) is 96.2 cm³/mol. The van der Waals surface area contributed by atoms with Crippen molar-refractivity contribution in [3.63, 3.8) is 0 Å². The van der Waals surface area contributed by atoms with Crippen molar-refractivity contribution in [2.45, 2.75) is 77.0 Å². The van der Waals surface area contributed by atoms with Crippen LogP contribution in [0.15, 0.2) is 24.3 Å². The van der Waals surface area contributed by atoms with Gasteiger partial charge in [0.15, 0.2) is 0 Å². The van der Waals surface area contributed by atoms with Gasteiger partial charge in [-0.05, 0) is 73.8 Å². The summed E-state index contributed by atoms with van der Waals surface area (Å²) in [5.74, 6) is 3.60. The summed E-state index contributed by atoms with van der Waals surface area (Å²) in [5, 5.41) is 9.32. The number of hydrogen-bond donors (Lipinski definition) is 0. The number of rotatable bonds is 4. The highest BCUT2D eigenvalue weighted by molar-refractivity contribution is 5.39. The first-order chi connectivity index (χ1) is 11.3. The molecule has 1 aromatic rings. The van der Waals surface area contributed by atoms with Crippen molar-refractivity contribution < 1.29 is 0 Å². The van der Waals surface area contributed by atoms with E-state index in [1.165, 1.54) is 69.8 Å². The van der Waals surface area contributed by atoms with E-state index >= 15 is 0 Å². The Kier molecular flexibility index (Phi) is 5.76. The lowest BCUT2D eigenvalue weighted by atomic mass is 9.67. The zero-order valence-electron chi connectivity index (χ0n) is 14.6. The molecule has 0 radical (unpaired) electrons. The lowest BCUT2D eigenvalue weighted by molar-refractivity contribution is 0.156. The molecule has 0 N–H and O–H groups in total. The zero-order chi connectivity index (χ0) is 16.1. The molecule has 0 amide bonds. The fraction of sp³-hybridized carbons (Fsp3) is 0.682. The van der Waals surface area contributed by atoms with Crippen LogP contribution in [0.4, 0.5) is 0 Å². The lowest BCUT2D eigenvalue weighted by Crippen LogP contribution is -2.25. The molecule has 1 aromatic carbocycles. The monoisotopic (exact) mass is 309 g/mol. The highest BCUT2D eigenvalue weighted by atomic mass is 14.4. The minimum atomic E-state index is 0.624. The van der Waals surface area contributed by atoms with Gasteiger partial charge in [-0.25, -0.2) is 0 Å². The van der Waals surface area contributed by atoms with E-state index in [0.717, 1.165) is 23.3 Å². The molecule has 0 atom stereocenters. The summed E-state index contributed by atoms with van der Waals surface area (Å²) < 4.78 is 0. The van der Waals surface area contributed by atoms with Crippen LogP contribution >= 0.6 is 0 Å². The number of nitriles is 1. The van der Waals surface area contributed by atoms with Crippen molar-refractivity contribution >= 4 is 0 Å². The SMILES string of the molecule is CCC[C@H]1CC[C@H]([C@H]2CC[C@H](c3ccccc3C#N)CC2)CC1. The normalized spacial score (nSPS) is 31.5. The Morgan fingerprint density at radius 1 is 0.913 bits per heavy atom. The molecular weight excluding hydrogens is 278 g/mol. The number of hydrogen-bond acceptors (Lipinski definition) is 1. The summed E-state index contributed by atoms with van der Waals surface area (Å²) >= 11 is 0. The third-order valence-electron chi connectivity index (χ3n) is 6.55. The summed E-state index contributed by atoms with van der Waals surface area (Å²) in [4.78, 5) is 0. The number of nitrogens with zero attached hydrogens (tertiary/aromatic N) is 1. The quantitative estimate of drug-likeness (QED) is 0.628. The summed E-state index contributed by atoms with van der Waals surface area (Å²) in [5.41, 5.74) is 2.20. The molecular formula is C22H31N. The molecule has 0 unspecified atom stereocenters. The van der Waals surface area contributed by atoms with E-state index in [9.17, 15) is 5.26 Å². The first-order valence-corrected chi connectivity index (χ1v) is 9.80. The van der Waals surface area contributed by atoms with Gasteiger partial charge in [-0.2, -0.15) is 5.26 Å². The largest absolute Gasteiger partial charge is 0.192 e. The Morgan fingerprint density at radius 3 is 2.13 bits per heavy atom. The number of benzene rings is 1. The smallest absolute Gasteiger partial charge is 0.0994 e. The van der Waals surface area contributed by atoms with E-state index in [0.29, 0.717) is 5.92 Å². The standard InChI is InChI=1S/C22H31N/c1-2-5-17-8-10-18(11-9-17)19-12-14-20(15-13-19)22-7-4-3-6-21(22)16-23/h3-4,6-7,17-20H,2,5,8-15H2,1H3/t17-,18-,19-,20-. The Labute approximate surface area is 142 Å².